The van der Waals surface area contributed by atoms with Gasteiger partial charge in [0.1, 0.15) is 5.75 Å². The summed E-state index contributed by atoms with van der Waals surface area (Å²) in [5.74, 6) is 0.358. The third kappa shape index (κ3) is 4.22. The van der Waals surface area contributed by atoms with E-state index in [0.29, 0.717) is 22.1 Å². The molecule has 4 rings (SSSR count). The van der Waals surface area contributed by atoms with Crippen LogP contribution < -0.4 is 15.0 Å². The Morgan fingerprint density at radius 3 is 2.86 bits per heavy atom. The summed E-state index contributed by atoms with van der Waals surface area (Å²) < 4.78 is 43.2. The maximum atomic E-state index is 12.5. The number of imidazole rings is 1. The van der Waals surface area contributed by atoms with Gasteiger partial charge in [0, 0.05) is 19.2 Å². The number of piperidine rings is 1. The topological polar surface area (TPSA) is 54.7 Å². The van der Waals surface area contributed by atoms with Gasteiger partial charge in [-0.2, -0.15) is 0 Å². The van der Waals surface area contributed by atoms with Crippen LogP contribution in [0.25, 0.3) is 16.2 Å². The zero-order valence-electron chi connectivity index (χ0n) is 15.2. The molecule has 0 amide bonds. The van der Waals surface area contributed by atoms with Crippen molar-refractivity contribution in [2.24, 2.45) is 5.92 Å². The summed E-state index contributed by atoms with van der Waals surface area (Å²) in [6.07, 6.45) is -0.827. The van der Waals surface area contributed by atoms with Gasteiger partial charge in [0.25, 0.3) is 0 Å². The highest BCUT2D eigenvalue weighted by molar-refractivity contribution is 7.20. The fourth-order valence-corrected chi connectivity index (χ4v) is 4.26. The summed E-state index contributed by atoms with van der Waals surface area (Å²) >= 11 is 1.46. The van der Waals surface area contributed by atoms with Crippen molar-refractivity contribution in [1.82, 2.24) is 19.9 Å². The molecular weight excluding hydrogens is 391 g/mol. The molecule has 3 aromatic rings. The summed E-state index contributed by atoms with van der Waals surface area (Å²) in [6.45, 7) is 3.00. The lowest BCUT2D eigenvalue weighted by Gasteiger charge is -2.27. The third-order valence-corrected chi connectivity index (χ3v) is 5.79. The fraction of sp³-hybridized carbons (Fsp3) is 0.444. The molecule has 6 nitrogen and oxygen atoms in total. The molecule has 0 spiro atoms. The summed E-state index contributed by atoms with van der Waals surface area (Å²) in [7, 11) is 2.01. The first kappa shape index (κ1) is 19.0. The van der Waals surface area contributed by atoms with Crippen molar-refractivity contribution in [3.05, 3.63) is 30.5 Å². The molecule has 28 heavy (non-hydrogen) atoms. The molecule has 0 aliphatic carbocycles. The molecule has 1 N–H and O–H groups in total. The van der Waals surface area contributed by atoms with E-state index in [0.717, 1.165) is 37.6 Å². The van der Waals surface area contributed by atoms with Gasteiger partial charge >= 0.3 is 6.36 Å². The monoisotopic (exact) mass is 411 g/mol. The smallest absolute Gasteiger partial charge is 0.406 e. The van der Waals surface area contributed by atoms with Crippen molar-refractivity contribution in [3.8, 4) is 17.0 Å². The predicted molar refractivity (Wildman–Crippen MR) is 102 cm³/mol. The number of rotatable bonds is 5. The van der Waals surface area contributed by atoms with Crippen molar-refractivity contribution < 1.29 is 17.9 Å². The second-order valence-electron chi connectivity index (χ2n) is 6.87. The van der Waals surface area contributed by atoms with Crippen molar-refractivity contribution in [2.45, 2.75) is 19.2 Å². The minimum atomic E-state index is -4.73. The number of hydrogen-bond acceptors (Lipinski definition) is 6. The summed E-state index contributed by atoms with van der Waals surface area (Å²) in [5, 5.41) is 8.84. The van der Waals surface area contributed by atoms with Crippen LogP contribution in [0, 0.1) is 5.92 Å². The molecule has 1 aliphatic heterocycles. The Kier molecular flexibility index (Phi) is 5.15. The van der Waals surface area contributed by atoms with Crippen LogP contribution >= 0.6 is 11.3 Å². The highest BCUT2D eigenvalue weighted by atomic mass is 32.1. The number of benzene rings is 1. The first-order valence-electron chi connectivity index (χ1n) is 9.02. The number of halogens is 3. The van der Waals surface area contributed by atoms with E-state index in [-0.39, 0.29) is 5.75 Å². The molecule has 1 fully saturated rings. The molecule has 0 radical (unpaired) electrons. The van der Waals surface area contributed by atoms with E-state index in [9.17, 15) is 13.2 Å². The Morgan fingerprint density at radius 2 is 2.11 bits per heavy atom. The molecule has 10 heteroatoms. The maximum Gasteiger partial charge on any atom is 0.573 e. The quantitative estimate of drug-likeness (QED) is 0.692. The fourth-order valence-electron chi connectivity index (χ4n) is 3.42. The number of nitrogens with one attached hydrogen (secondary N) is 1. The van der Waals surface area contributed by atoms with E-state index in [1.54, 1.807) is 16.8 Å². The normalized spacial score (nSPS) is 15.9. The second-order valence-corrected chi connectivity index (χ2v) is 7.81. The Balaban J connectivity index is 1.57. The van der Waals surface area contributed by atoms with Gasteiger partial charge in [-0.25, -0.2) is 9.50 Å². The van der Waals surface area contributed by atoms with E-state index in [1.165, 1.54) is 29.5 Å². The first-order valence-corrected chi connectivity index (χ1v) is 9.83. The number of hydrogen-bond donors (Lipinski definition) is 1. The van der Waals surface area contributed by atoms with Gasteiger partial charge in [-0.15, -0.1) is 18.3 Å². The van der Waals surface area contributed by atoms with Crippen LogP contribution in [0.3, 0.4) is 0 Å². The van der Waals surface area contributed by atoms with E-state index >= 15 is 0 Å². The van der Waals surface area contributed by atoms with E-state index < -0.39 is 6.36 Å². The van der Waals surface area contributed by atoms with Gasteiger partial charge < -0.3 is 15.0 Å². The highest BCUT2D eigenvalue weighted by Gasteiger charge is 2.31. The lowest BCUT2D eigenvalue weighted by atomic mass is 9.98. The van der Waals surface area contributed by atoms with Gasteiger partial charge in [0.05, 0.1) is 11.9 Å². The number of fused-ring (bicyclic) bond motifs is 1. The molecule has 150 valence electrons. The second kappa shape index (κ2) is 7.59. The SMILES string of the molecule is CN(CC1CCNCC1)c1nn2c(-c3cccc(OC(F)(F)F)c3)cnc2s1. The number of alkyl halides is 3. The van der Waals surface area contributed by atoms with E-state index in [1.807, 2.05) is 7.05 Å². The number of ether oxygens (including phenoxy) is 1. The Bertz CT molecular complexity index is 948. The Hall–Kier alpha value is -2.33. The number of nitrogens with zero attached hydrogens (tertiary/aromatic N) is 4. The standard InChI is InChI=1S/C18H20F3N5OS/c1-25(11-12-5-7-22-8-6-12)17-24-26-15(10-23-16(26)28-17)13-3-2-4-14(9-13)27-18(19,20)21/h2-4,9-10,12,22H,5-8,11H2,1H3. The highest BCUT2D eigenvalue weighted by Crippen LogP contribution is 2.31. The summed E-state index contributed by atoms with van der Waals surface area (Å²) in [6, 6.07) is 5.85. The zero-order valence-corrected chi connectivity index (χ0v) is 16.1. The van der Waals surface area contributed by atoms with Gasteiger partial charge in [0.2, 0.25) is 10.1 Å². The van der Waals surface area contributed by atoms with Crippen LogP contribution in [0.5, 0.6) is 5.75 Å². The number of anilines is 1. The van der Waals surface area contributed by atoms with Gasteiger partial charge in [-0.3, -0.25) is 0 Å². The molecule has 1 aliphatic rings. The Labute approximate surface area is 163 Å². The molecule has 0 atom stereocenters. The van der Waals surface area contributed by atoms with Crippen molar-refractivity contribution >= 4 is 21.4 Å². The van der Waals surface area contributed by atoms with Crippen LogP contribution in [0.4, 0.5) is 18.3 Å². The molecular formula is C18H20F3N5OS. The molecule has 0 bridgehead atoms. The third-order valence-electron chi connectivity index (χ3n) is 4.76. The van der Waals surface area contributed by atoms with Gasteiger partial charge in [-0.05, 0) is 44.0 Å². The van der Waals surface area contributed by atoms with Crippen LogP contribution in [0.1, 0.15) is 12.8 Å². The molecule has 2 aromatic heterocycles. The average molecular weight is 411 g/mol. The lowest BCUT2D eigenvalue weighted by molar-refractivity contribution is -0.274. The first-order chi connectivity index (χ1) is 13.4. The predicted octanol–water partition coefficient (Wildman–Crippen LogP) is 3.79. The van der Waals surface area contributed by atoms with E-state index in [2.05, 4.69) is 25.0 Å². The minimum absolute atomic E-state index is 0.265. The van der Waals surface area contributed by atoms with Crippen LogP contribution in [0.15, 0.2) is 30.5 Å². The van der Waals surface area contributed by atoms with Crippen LogP contribution in [-0.4, -0.2) is 47.6 Å². The minimum Gasteiger partial charge on any atom is -0.406 e. The van der Waals surface area contributed by atoms with Gasteiger partial charge in [-0.1, -0.05) is 23.5 Å². The summed E-state index contributed by atoms with van der Waals surface area (Å²) in [5.41, 5.74) is 1.19. The van der Waals surface area contributed by atoms with E-state index in [4.69, 9.17) is 0 Å². The van der Waals surface area contributed by atoms with Crippen molar-refractivity contribution in [3.63, 3.8) is 0 Å². The largest absolute Gasteiger partial charge is 0.573 e. The average Bonchev–Trinajstić information content (AvgIpc) is 3.22. The zero-order chi connectivity index (χ0) is 19.7. The van der Waals surface area contributed by atoms with Crippen LogP contribution in [0.2, 0.25) is 0 Å². The maximum absolute atomic E-state index is 12.5. The number of aromatic nitrogens is 3. The molecule has 0 saturated carbocycles. The van der Waals surface area contributed by atoms with Crippen LogP contribution in [-0.2, 0) is 0 Å². The Morgan fingerprint density at radius 1 is 1.32 bits per heavy atom. The molecule has 1 saturated heterocycles. The molecule has 1 aromatic carbocycles. The summed E-state index contributed by atoms with van der Waals surface area (Å²) in [4.78, 5) is 7.19. The lowest BCUT2D eigenvalue weighted by Crippen LogP contribution is -2.34. The molecule has 3 heterocycles. The van der Waals surface area contributed by atoms with Crippen molar-refractivity contribution in [2.75, 3.05) is 31.6 Å². The van der Waals surface area contributed by atoms with Gasteiger partial charge in [0.15, 0.2) is 0 Å². The molecule has 0 unspecified atom stereocenters. The van der Waals surface area contributed by atoms with Crippen molar-refractivity contribution in [1.29, 1.82) is 0 Å².